The molecule has 1 aromatic carbocycles. The van der Waals surface area contributed by atoms with Crippen molar-refractivity contribution in [1.29, 1.82) is 0 Å². The predicted octanol–water partition coefficient (Wildman–Crippen LogP) is 5.05. The van der Waals surface area contributed by atoms with Crippen LogP contribution in [0, 0.1) is 0 Å². The number of aromatic hydroxyl groups is 1. The van der Waals surface area contributed by atoms with E-state index in [1.54, 1.807) is 0 Å². The first-order chi connectivity index (χ1) is 6.62. The Hall–Kier alpha value is 0.760. The molecule has 0 fully saturated rings. The highest BCUT2D eigenvalue weighted by molar-refractivity contribution is 6.67. The topological polar surface area (TPSA) is 20.2 Å². The first-order valence-corrected chi connectivity index (χ1v) is 5.86. The van der Waals surface area contributed by atoms with Crippen LogP contribution in [-0.2, 0) is 7.59 Å². The van der Waals surface area contributed by atoms with Gasteiger partial charge in [-0.1, -0.05) is 75.7 Å². The molecule has 0 radical (unpaired) electrons. The summed E-state index contributed by atoms with van der Waals surface area (Å²) in [6, 6.07) is 4.06. The summed E-state index contributed by atoms with van der Waals surface area (Å²) < 4.78 is -3.39. The van der Waals surface area contributed by atoms with E-state index in [0.29, 0.717) is 5.56 Å². The number of rotatable bonds is 0. The third kappa shape index (κ3) is 3.62. The largest absolute Gasteiger partial charge is 0.508 e. The SMILES string of the molecule is Oc1ccc(C(Cl)(Cl)Cl)cc1C(Cl)(Cl)Cl. The van der Waals surface area contributed by atoms with Crippen molar-refractivity contribution in [2.75, 3.05) is 0 Å². The van der Waals surface area contributed by atoms with Crippen LogP contribution in [0.1, 0.15) is 11.1 Å². The summed E-state index contributed by atoms with van der Waals surface area (Å²) in [4.78, 5) is 0. The number of hydrogen-bond donors (Lipinski definition) is 1. The van der Waals surface area contributed by atoms with Crippen molar-refractivity contribution in [3.63, 3.8) is 0 Å². The maximum absolute atomic E-state index is 9.45. The van der Waals surface area contributed by atoms with Gasteiger partial charge in [-0.05, 0) is 12.1 Å². The second kappa shape index (κ2) is 4.56. The molecule has 1 N–H and O–H groups in total. The first kappa shape index (κ1) is 13.8. The zero-order chi connectivity index (χ0) is 11.9. The molecule has 1 nitrogen and oxygen atoms in total. The average molecular weight is 329 g/mol. The van der Waals surface area contributed by atoms with Gasteiger partial charge < -0.3 is 5.11 Å². The summed E-state index contributed by atoms with van der Waals surface area (Å²) >= 11 is 33.8. The molecule has 0 aliphatic rings. The molecule has 0 amide bonds. The van der Waals surface area contributed by atoms with Crippen molar-refractivity contribution >= 4 is 69.6 Å². The number of phenolic OH excluding ortho intramolecular Hbond substituents is 1. The number of alkyl halides is 6. The Morgan fingerprint density at radius 1 is 0.867 bits per heavy atom. The molecule has 0 saturated carbocycles. The molecule has 0 saturated heterocycles. The van der Waals surface area contributed by atoms with Crippen LogP contribution in [0.3, 0.4) is 0 Å². The summed E-state index contributed by atoms with van der Waals surface area (Å²) in [6.45, 7) is 0. The summed E-state index contributed by atoms with van der Waals surface area (Å²) in [6.07, 6.45) is 0. The normalized spacial score (nSPS) is 12.9. The highest BCUT2D eigenvalue weighted by Gasteiger charge is 2.30. The van der Waals surface area contributed by atoms with Gasteiger partial charge in [0.25, 0.3) is 0 Å². The van der Waals surface area contributed by atoms with Crippen LogP contribution in [0.5, 0.6) is 5.75 Å². The predicted molar refractivity (Wildman–Crippen MR) is 66.6 cm³/mol. The highest BCUT2D eigenvalue weighted by Crippen LogP contribution is 2.46. The van der Waals surface area contributed by atoms with E-state index in [4.69, 9.17) is 69.6 Å². The van der Waals surface area contributed by atoms with E-state index in [-0.39, 0.29) is 11.3 Å². The third-order valence-electron chi connectivity index (χ3n) is 1.63. The lowest BCUT2D eigenvalue weighted by Crippen LogP contribution is -2.06. The van der Waals surface area contributed by atoms with Gasteiger partial charge in [-0.15, -0.1) is 0 Å². The molecule has 0 bridgehead atoms. The second-order valence-electron chi connectivity index (χ2n) is 2.73. The Labute approximate surface area is 117 Å². The van der Waals surface area contributed by atoms with Crippen LogP contribution in [0.25, 0.3) is 0 Å². The molecule has 0 unspecified atom stereocenters. The van der Waals surface area contributed by atoms with E-state index in [0.717, 1.165) is 0 Å². The van der Waals surface area contributed by atoms with Crippen LogP contribution >= 0.6 is 69.6 Å². The van der Waals surface area contributed by atoms with Crippen molar-refractivity contribution in [2.45, 2.75) is 7.59 Å². The number of benzene rings is 1. The van der Waals surface area contributed by atoms with Crippen LogP contribution in [0.2, 0.25) is 0 Å². The Bertz CT molecular complexity index is 364. The zero-order valence-electron chi connectivity index (χ0n) is 6.95. The minimum Gasteiger partial charge on any atom is -0.508 e. The van der Waals surface area contributed by atoms with E-state index in [2.05, 4.69) is 0 Å². The summed E-state index contributed by atoms with van der Waals surface area (Å²) in [5.74, 6) is -0.173. The average Bonchev–Trinajstić information content (AvgIpc) is 2.00. The standard InChI is InChI=1S/C8H4Cl6O/c9-7(10,11)4-1-2-6(15)5(3-4)8(12,13)14/h1-3,15H. The molecular weight excluding hydrogens is 325 g/mol. The van der Waals surface area contributed by atoms with Gasteiger partial charge in [0, 0.05) is 11.1 Å². The number of halogens is 6. The molecule has 1 aromatic rings. The molecular formula is C8H4Cl6O. The lowest BCUT2D eigenvalue weighted by Gasteiger charge is -2.17. The smallest absolute Gasteiger partial charge is 0.219 e. The summed E-state index contributed by atoms with van der Waals surface area (Å²) in [7, 11) is 0. The van der Waals surface area contributed by atoms with Gasteiger partial charge in [0.05, 0.1) is 0 Å². The fourth-order valence-electron chi connectivity index (χ4n) is 0.939. The third-order valence-corrected chi connectivity index (χ3v) is 2.89. The van der Waals surface area contributed by atoms with Crippen LogP contribution in [0.4, 0.5) is 0 Å². The minimum absolute atomic E-state index is 0.0660. The van der Waals surface area contributed by atoms with Crippen molar-refractivity contribution < 1.29 is 5.11 Å². The van der Waals surface area contributed by atoms with Gasteiger partial charge in [-0.2, -0.15) is 0 Å². The Balaban J connectivity index is 3.30. The van der Waals surface area contributed by atoms with Gasteiger partial charge in [0.15, 0.2) is 0 Å². The molecule has 0 heterocycles. The Morgan fingerprint density at radius 2 is 1.40 bits per heavy atom. The van der Waals surface area contributed by atoms with Gasteiger partial charge in [0.2, 0.25) is 7.59 Å². The van der Waals surface area contributed by atoms with E-state index in [9.17, 15) is 5.11 Å². The van der Waals surface area contributed by atoms with Crippen molar-refractivity contribution in [2.24, 2.45) is 0 Å². The minimum atomic E-state index is -1.77. The van der Waals surface area contributed by atoms with Gasteiger partial charge in [-0.25, -0.2) is 0 Å². The quantitative estimate of drug-likeness (QED) is 0.661. The fourth-order valence-corrected chi connectivity index (χ4v) is 1.75. The number of hydrogen-bond acceptors (Lipinski definition) is 1. The van der Waals surface area contributed by atoms with E-state index >= 15 is 0 Å². The van der Waals surface area contributed by atoms with E-state index < -0.39 is 7.59 Å². The van der Waals surface area contributed by atoms with Gasteiger partial charge in [-0.3, -0.25) is 0 Å². The van der Waals surface area contributed by atoms with Crippen molar-refractivity contribution in [1.82, 2.24) is 0 Å². The van der Waals surface area contributed by atoms with Gasteiger partial charge >= 0.3 is 0 Å². The molecule has 0 aliphatic heterocycles. The number of phenols is 1. The van der Waals surface area contributed by atoms with Crippen molar-refractivity contribution in [3.05, 3.63) is 29.3 Å². The van der Waals surface area contributed by atoms with Crippen molar-refractivity contribution in [3.8, 4) is 5.75 Å². The molecule has 84 valence electrons. The maximum Gasteiger partial charge on any atom is 0.219 e. The molecule has 15 heavy (non-hydrogen) atoms. The lowest BCUT2D eigenvalue weighted by molar-refractivity contribution is 0.469. The fraction of sp³-hybridized carbons (Fsp3) is 0.250. The van der Waals surface area contributed by atoms with E-state index in [1.807, 2.05) is 0 Å². The second-order valence-corrected chi connectivity index (χ2v) is 7.29. The van der Waals surface area contributed by atoms with Gasteiger partial charge in [0.1, 0.15) is 5.75 Å². The van der Waals surface area contributed by atoms with E-state index in [1.165, 1.54) is 18.2 Å². The molecule has 0 spiro atoms. The summed E-state index contributed by atoms with van der Waals surface area (Å²) in [5, 5.41) is 9.45. The molecule has 0 aromatic heterocycles. The zero-order valence-corrected chi connectivity index (χ0v) is 11.5. The molecule has 0 atom stereocenters. The Morgan fingerprint density at radius 3 is 1.80 bits per heavy atom. The molecule has 7 heteroatoms. The molecule has 1 rings (SSSR count). The first-order valence-electron chi connectivity index (χ1n) is 3.60. The van der Waals surface area contributed by atoms with Crippen LogP contribution in [-0.4, -0.2) is 5.11 Å². The monoisotopic (exact) mass is 326 g/mol. The Kier molecular flexibility index (Phi) is 4.20. The molecule has 0 aliphatic carbocycles. The van der Waals surface area contributed by atoms with Crippen LogP contribution in [0.15, 0.2) is 18.2 Å². The highest BCUT2D eigenvalue weighted by atomic mass is 35.6. The summed E-state index contributed by atoms with van der Waals surface area (Å²) in [5.41, 5.74) is 0.378. The maximum atomic E-state index is 9.45. The van der Waals surface area contributed by atoms with Crippen LogP contribution < -0.4 is 0 Å². The lowest BCUT2D eigenvalue weighted by atomic mass is 10.1.